The molecular weight excluding hydrogens is 306 g/mol. The monoisotopic (exact) mass is 317 g/mol. The maximum atomic E-state index is 13.3. The second-order valence-electron chi connectivity index (χ2n) is 4.91. The van der Waals surface area contributed by atoms with Crippen LogP contribution in [0.4, 0.5) is 17.6 Å². The molecule has 1 atom stereocenters. The van der Waals surface area contributed by atoms with Crippen LogP contribution in [0.2, 0.25) is 5.02 Å². The van der Waals surface area contributed by atoms with Gasteiger partial charge in [0, 0.05) is 5.02 Å². The van der Waals surface area contributed by atoms with Gasteiger partial charge in [-0.05, 0) is 42.3 Å². The van der Waals surface area contributed by atoms with Gasteiger partial charge < -0.3 is 5.73 Å². The smallest absolute Gasteiger partial charge is 0.318 e. The third kappa shape index (κ3) is 3.19. The molecule has 0 aliphatic carbocycles. The third-order valence-corrected chi connectivity index (χ3v) is 3.53. The Morgan fingerprint density at radius 1 is 1.00 bits per heavy atom. The highest BCUT2D eigenvalue weighted by atomic mass is 35.5. The van der Waals surface area contributed by atoms with Gasteiger partial charge in [-0.1, -0.05) is 29.8 Å². The van der Waals surface area contributed by atoms with Crippen molar-refractivity contribution in [2.24, 2.45) is 5.73 Å². The van der Waals surface area contributed by atoms with Gasteiger partial charge in [0.15, 0.2) is 0 Å². The van der Waals surface area contributed by atoms with Crippen molar-refractivity contribution in [1.29, 1.82) is 0 Å². The first-order valence-electron chi connectivity index (χ1n) is 6.04. The van der Waals surface area contributed by atoms with Gasteiger partial charge in [-0.25, -0.2) is 4.39 Å². The summed E-state index contributed by atoms with van der Waals surface area (Å²) in [5.74, 6) is -1.33. The summed E-state index contributed by atoms with van der Waals surface area (Å²) in [5, 5.41) is 0.419. The highest BCUT2D eigenvalue weighted by molar-refractivity contribution is 6.30. The van der Waals surface area contributed by atoms with E-state index in [0.29, 0.717) is 10.6 Å². The molecule has 0 radical (unpaired) electrons. The number of alkyl halides is 3. The first kappa shape index (κ1) is 15.8. The Morgan fingerprint density at radius 3 is 2.19 bits per heavy atom. The summed E-state index contributed by atoms with van der Waals surface area (Å²) in [7, 11) is 0. The number of halogens is 5. The first-order chi connectivity index (χ1) is 9.62. The highest BCUT2D eigenvalue weighted by Gasteiger charge is 2.36. The van der Waals surface area contributed by atoms with Crippen LogP contribution < -0.4 is 5.73 Å². The van der Waals surface area contributed by atoms with Crippen molar-refractivity contribution in [2.75, 3.05) is 0 Å². The van der Waals surface area contributed by atoms with Crippen molar-refractivity contribution in [3.8, 4) is 0 Å². The summed E-state index contributed by atoms with van der Waals surface area (Å²) in [6, 6.07) is 9.25. The van der Waals surface area contributed by atoms with E-state index in [9.17, 15) is 17.6 Å². The van der Waals surface area contributed by atoms with E-state index in [1.807, 2.05) is 0 Å². The van der Waals surface area contributed by atoms with Gasteiger partial charge in [-0.2, -0.15) is 13.2 Å². The lowest BCUT2D eigenvalue weighted by atomic mass is 9.85. The van der Waals surface area contributed by atoms with Crippen LogP contribution in [0.15, 0.2) is 42.5 Å². The zero-order chi connectivity index (χ0) is 15.8. The van der Waals surface area contributed by atoms with Gasteiger partial charge in [-0.3, -0.25) is 0 Å². The molecule has 0 amide bonds. The van der Waals surface area contributed by atoms with Crippen LogP contribution in [0.25, 0.3) is 0 Å². The SMILES string of the molecule is CC(N)(c1cccc(Cl)c1)c1ccc(F)c(C(F)(F)F)c1. The van der Waals surface area contributed by atoms with Crippen LogP contribution in [0, 0.1) is 5.82 Å². The molecule has 0 bridgehead atoms. The molecule has 1 nitrogen and oxygen atoms in total. The fourth-order valence-electron chi connectivity index (χ4n) is 2.04. The Balaban J connectivity index is 2.55. The molecule has 2 aromatic carbocycles. The standard InChI is InChI=1S/C15H12ClF4N/c1-14(21,9-3-2-4-11(16)7-9)10-5-6-13(17)12(8-10)15(18,19)20/h2-8H,21H2,1H3. The zero-order valence-corrected chi connectivity index (χ0v) is 11.8. The Morgan fingerprint density at radius 2 is 1.62 bits per heavy atom. The van der Waals surface area contributed by atoms with E-state index >= 15 is 0 Å². The number of rotatable bonds is 2. The van der Waals surface area contributed by atoms with Gasteiger partial charge in [-0.15, -0.1) is 0 Å². The summed E-state index contributed by atoms with van der Waals surface area (Å²) >= 11 is 5.87. The lowest BCUT2D eigenvalue weighted by Crippen LogP contribution is -2.34. The van der Waals surface area contributed by atoms with E-state index in [1.165, 1.54) is 6.07 Å². The van der Waals surface area contributed by atoms with E-state index in [-0.39, 0.29) is 5.56 Å². The van der Waals surface area contributed by atoms with E-state index in [0.717, 1.165) is 12.1 Å². The van der Waals surface area contributed by atoms with Gasteiger partial charge in [0.05, 0.1) is 11.1 Å². The van der Waals surface area contributed by atoms with Crippen LogP contribution in [0.1, 0.15) is 23.6 Å². The lowest BCUT2D eigenvalue weighted by Gasteiger charge is -2.27. The Kier molecular flexibility index (Phi) is 4.00. The highest BCUT2D eigenvalue weighted by Crippen LogP contribution is 2.35. The molecule has 0 heterocycles. The second-order valence-corrected chi connectivity index (χ2v) is 5.34. The van der Waals surface area contributed by atoms with Gasteiger partial charge in [0.25, 0.3) is 0 Å². The van der Waals surface area contributed by atoms with E-state index in [1.54, 1.807) is 31.2 Å². The maximum absolute atomic E-state index is 13.3. The summed E-state index contributed by atoms with van der Waals surface area (Å²) in [5.41, 5.74) is 4.27. The van der Waals surface area contributed by atoms with E-state index < -0.39 is 23.1 Å². The van der Waals surface area contributed by atoms with E-state index in [2.05, 4.69) is 0 Å². The van der Waals surface area contributed by atoms with Crippen molar-refractivity contribution in [3.05, 3.63) is 70.0 Å². The van der Waals surface area contributed by atoms with Crippen molar-refractivity contribution < 1.29 is 17.6 Å². The molecule has 6 heteroatoms. The minimum atomic E-state index is -4.77. The first-order valence-corrected chi connectivity index (χ1v) is 6.42. The molecule has 0 aliphatic heterocycles. The van der Waals surface area contributed by atoms with Crippen molar-refractivity contribution in [1.82, 2.24) is 0 Å². The van der Waals surface area contributed by atoms with Gasteiger partial charge in [0.2, 0.25) is 0 Å². The summed E-state index contributed by atoms with van der Waals surface area (Å²) in [6.07, 6.45) is -4.77. The normalized spacial score (nSPS) is 14.8. The van der Waals surface area contributed by atoms with Gasteiger partial charge >= 0.3 is 6.18 Å². The summed E-state index contributed by atoms with van der Waals surface area (Å²) in [6.45, 7) is 1.55. The molecule has 2 aromatic rings. The molecule has 0 aromatic heterocycles. The van der Waals surface area contributed by atoms with Crippen LogP contribution in [-0.2, 0) is 11.7 Å². The van der Waals surface area contributed by atoms with Crippen LogP contribution in [-0.4, -0.2) is 0 Å². The van der Waals surface area contributed by atoms with Crippen LogP contribution >= 0.6 is 11.6 Å². The topological polar surface area (TPSA) is 26.0 Å². The lowest BCUT2D eigenvalue weighted by molar-refractivity contribution is -0.140. The fourth-order valence-corrected chi connectivity index (χ4v) is 2.23. The molecule has 0 spiro atoms. The molecule has 112 valence electrons. The molecular formula is C15H12ClF4N. The Bertz CT molecular complexity index is 665. The average molecular weight is 318 g/mol. The number of hydrogen-bond donors (Lipinski definition) is 1. The third-order valence-electron chi connectivity index (χ3n) is 3.30. The van der Waals surface area contributed by atoms with Crippen molar-refractivity contribution in [3.63, 3.8) is 0 Å². The molecule has 2 rings (SSSR count). The van der Waals surface area contributed by atoms with Crippen LogP contribution in [0.5, 0.6) is 0 Å². The summed E-state index contributed by atoms with van der Waals surface area (Å²) < 4.78 is 51.7. The number of benzene rings is 2. The minimum Gasteiger partial charge on any atom is -0.318 e. The molecule has 1 unspecified atom stereocenters. The Labute approximate surface area is 124 Å². The zero-order valence-electron chi connectivity index (χ0n) is 11.0. The van der Waals surface area contributed by atoms with Crippen molar-refractivity contribution >= 4 is 11.6 Å². The largest absolute Gasteiger partial charge is 0.419 e. The molecule has 0 saturated carbocycles. The molecule has 0 saturated heterocycles. The van der Waals surface area contributed by atoms with E-state index in [4.69, 9.17) is 17.3 Å². The molecule has 0 aliphatic rings. The quantitative estimate of drug-likeness (QED) is 0.797. The molecule has 21 heavy (non-hydrogen) atoms. The number of nitrogens with two attached hydrogens (primary N) is 1. The second kappa shape index (κ2) is 5.31. The number of hydrogen-bond acceptors (Lipinski definition) is 1. The predicted octanol–water partition coefficient (Wildman–Crippen LogP) is 4.72. The summed E-state index contributed by atoms with van der Waals surface area (Å²) in [4.78, 5) is 0. The average Bonchev–Trinajstić information content (AvgIpc) is 2.37. The fraction of sp³-hybridized carbons (Fsp3) is 0.200. The van der Waals surface area contributed by atoms with Crippen molar-refractivity contribution in [2.45, 2.75) is 18.6 Å². The minimum absolute atomic E-state index is 0.151. The predicted molar refractivity (Wildman–Crippen MR) is 73.5 cm³/mol. The Hall–Kier alpha value is -1.59. The maximum Gasteiger partial charge on any atom is 0.419 e. The molecule has 2 N–H and O–H groups in total. The van der Waals surface area contributed by atoms with Gasteiger partial charge in [0.1, 0.15) is 5.82 Å². The molecule has 0 fully saturated rings. The van der Waals surface area contributed by atoms with Crippen LogP contribution in [0.3, 0.4) is 0 Å².